The Bertz CT molecular complexity index is 359. The highest BCUT2D eigenvalue weighted by atomic mass is 16.5. The molecule has 1 aromatic carbocycles. The third kappa shape index (κ3) is 2.21. The number of ether oxygens (including phenoxy) is 1. The summed E-state index contributed by atoms with van der Waals surface area (Å²) in [5, 5.41) is 0. The predicted molar refractivity (Wildman–Crippen MR) is 58.1 cm³/mol. The van der Waals surface area contributed by atoms with Gasteiger partial charge in [-0.25, -0.2) is 4.79 Å². The smallest absolute Gasteiger partial charge is 0.408 e. The number of primary amides is 1. The number of carbonyl (C=O) groups excluding carboxylic acids is 1. The van der Waals surface area contributed by atoms with Gasteiger partial charge in [0.2, 0.25) is 0 Å². The minimum Gasteiger partial charge on any atom is -0.408 e. The summed E-state index contributed by atoms with van der Waals surface area (Å²) in [6.07, 6.45) is 1.61. The molecule has 2 rings (SSSR count). The molecule has 1 amide bonds. The van der Waals surface area contributed by atoms with Crippen LogP contribution in [0.4, 0.5) is 10.5 Å². The van der Waals surface area contributed by atoms with Gasteiger partial charge in [0.25, 0.3) is 0 Å². The molecule has 2 N–H and O–H groups in total. The Labute approximate surface area is 88.6 Å². The molecule has 0 aliphatic carbocycles. The first-order valence-electron chi connectivity index (χ1n) is 5.08. The quantitative estimate of drug-likeness (QED) is 0.801. The van der Waals surface area contributed by atoms with E-state index in [1.807, 2.05) is 18.2 Å². The zero-order valence-electron chi connectivity index (χ0n) is 8.48. The number of carbonyl (C=O) groups is 1. The first kappa shape index (κ1) is 9.83. The summed E-state index contributed by atoms with van der Waals surface area (Å²) in [6, 6.07) is 7.47. The fourth-order valence-electron chi connectivity index (χ4n) is 1.87. The second-order valence-electron chi connectivity index (χ2n) is 3.58. The lowest BCUT2D eigenvalue weighted by atomic mass is 10.2. The second-order valence-corrected chi connectivity index (χ2v) is 3.58. The molecular weight excluding hydrogens is 192 g/mol. The number of anilines is 1. The molecule has 4 nitrogen and oxygen atoms in total. The molecule has 1 heterocycles. The molecule has 1 saturated heterocycles. The summed E-state index contributed by atoms with van der Waals surface area (Å²) in [5.74, 6) is 0.548. The van der Waals surface area contributed by atoms with Crippen LogP contribution in [0.15, 0.2) is 24.3 Å². The van der Waals surface area contributed by atoms with Crippen LogP contribution in [0.25, 0.3) is 0 Å². The molecule has 0 bridgehead atoms. The van der Waals surface area contributed by atoms with Crippen LogP contribution in [-0.4, -0.2) is 19.2 Å². The van der Waals surface area contributed by atoms with Gasteiger partial charge in [-0.3, -0.25) is 0 Å². The number of nitrogens with zero attached hydrogens (tertiary/aromatic N) is 1. The highest BCUT2D eigenvalue weighted by Crippen LogP contribution is 2.30. The summed E-state index contributed by atoms with van der Waals surface area (Å²) in [4.78, 5) is 12.9. The molecule has 0 unspecified atom stereocenters. The molecule has 1 fully saturated rings. The molecule has 1 aliphatic heterocycles. The van der Waals surface area contributed by atoms with Crippen LogP contribution in [0, 0.1) is 0 Å². The van der Waals surface area contributed by atoms with Gasteiger partial charge in [0.05, 0.1) is 5.69 Å². The fraction of sp³-hybridized carbons (Fsp3) is 0.364. The van der Waals surface area contributed by atoms with Gasteiger partial charge >= 0.3 is 6.09 Å². The lowest BCUT2D eigenvalue weighted by molar-refractivity contribution is 0.211. The van der Waals surface area contributed by atoms with Gasteiger partial charge in [0.1, 0.15) is 0 Å². The molecule has 0 radical (unpaired) electrons. The number of hydrogen-bond acceptors (Lipinski definition) is 3. The molecule has 80 valence electrons. The number of hydrogen-bond donors (Lipinski definition) is 1. The third-order valence-corrected chi connectivity index (χ3v) is 2.52. The maximum Gasteiger partial charge on any atom is 0.410 e. The highest BCUT2D eigenvalue weighted by molar-refractivity contribution is 5.72. The minimum absolute atomic E-state index is 0.548. The van der Waals surface area contributed by atoms with Gasteiger partial charge in [0, 0.05) is 13.1 Å². The lowest BCUT2D eigenvalue weighted by Gasteiger charge is -2.19. The molecule has 0 aromatic heterocycles. The van der Waals surface area contributed by atoms with Crippen molar-refractivity contribution in [2.75, 3.05) is 18.0 Å². The van der Waals surface area contributed by atoms with E-state index in [1.165, 1.54) is 12.8 Å². The zero-order chi connectivity index (χ0) is 10.7. The van der Waals surface area contributed by atoms with E-state index in [0.29, 0.717) is 5.75 Å². The maximum absolute atomic E-state index is 10.7. The average molecular weight is 206 g/mol. The molecular formula is C11H14N2O2. The van der Waals surface area contributed by atoms with Crippen molar-refractivity contribution in [1.82, 2.24) is 0 Å². The van der Waals surface area contributed by atoms with Crippen LogP contribution in [0.1, 0.15) is 12.8 Å². The molecule has 4 heteroatoms. The monoisotopic (exact) mass is 206 g/mol. The van der Waals surface area contributed by atoms with E-state index in [1.54, 1.807) is 6.07 Å². The van der Waals surface area contributed by atoms with E-state index in [-0.39, 0.29) is 0 Å². The van der Waals surface area contributed by atoms with Gasteiger partial charge in [-0.05, 0) is 25.0 Å². The molecule has 1 aliphatic rings. The van der Waals surface area contributed by atoms with Crippen molar-refractivity contribution in [2.45, 2.75) is 12.8 Å². The second kappa shape index (κ2) is 4.21. The summed E-state index contributed by atoms with van der Waals surface area (Å²) in [6.45, 7) is 2.03. The topological polar surface area (TPSA) is 55.6 Å². The molecule has 0 saturated carbocycles. The first-order valence-corrected chi connectivity index (χ1v) is 5.08. The maximum atomic E-state index is 10.7. The van der Waals surface area contributed by atoms with Crippen LogP contribution < -0.4 is 15.4 Å². The lowest BCUT2D eigenvalue weighted by Crippen LogP contribution is -2.21. The SMILES string of the molecule is NC(=O)Oc1ccccc1N1CCCC1. The number of para-hydroxylation sites is 2. The number of amides is 1. The van der Waals surface area contributed by atoms with Crippen molar-refractivity contribution in [3.05, 3.63) is 24.3 Å². The fourth-order valence-corrected chi connectivity index (χ4v) is 1.87. The van der Waals surface area contributed by atoms with E-state index in [4.69, 9.17) is 10.5 Å². The van der Waals surface area contributed by atoms with Crippen LogP contribution in [-0.2, 0) is 0 Å². The van der Waals surface area contributed by atoms with Crippen LogP contribution in [0.3, 0.4) is 0 Å². The van der Waals surface area contributed by atoms with E-state index in [0.717, 1.165) is 18.8 Å². The number of benzene rings is 1. The van der Waals surface area contributed by atoms with E-state index >= 15 is 0 Å². The number of nitrogens with two attached hydrogens (primary N) is 1. The summed E-state index contributed by atoms with van der Waals surface area (Å²) < 4.78 is 4.95. The molecule has 0 spiro atoms. The average Bonchev–Trinajstić information content (AvgIpc) is 2.70. The minimum atomic E-state index is -0.762. The van der Waals surface area contributed by atoms with Crippen molar-refractivity contribution in [3.8, 4) is 5.75 Å². The van der Waals surface area contributed by atoms with Crippen LogP contribution >= 0.6 is 0 Å². The van der Waals surface area contributed by atoms with Gasteiger partial charge in [0.15, 0.2) is 5.75 Å². The summed E-state index contributed by atoms with van der Waals surface area (Å²) in [7, 11) is 0. The van der Waals surface area contributed by atoms with E-state index < -0.39 is 6.09 Å². The number of rotatable bonds is 2. The Kier molecular flexibility index (Phi) is 2.76. The van der Waals surface area contributed by atoms with Gasteiger partial charge in [-0.1, -0.05) is 12.1 Å². The van der Waals surface area contributed by atoms with Gasteiger partial charge in [-0.2, -0.15) is 0 Å². The van der Waals surface area contributed by atoms with Crippen molar-refractivity contribution >= 4 is 11.8 Å². The van der Waals surface area contributed by atoms with Crippen molar-refractivity contribution in [2.24, 2.45) is 5.73 Å². The Hall–Kier alpha value is -1.71. The Morgan fingerprint density at radius 1 is 1.27 bits per heavy atom. The standard InChI is InChI=1S/C11H14N2O2/c12-11(14)15-10-6-2-1-5-9(10)13-7-3-4-8-13/h1-2,5-6H,3-4,7-8H2,(H2,12,14). The van der Waals surface area contributed by atoms with Crippen molar-refractivity contribution in [1.29, 1.82) is 0 Å². The molecule has 1 aromatic rings. The summed E-state index contributed by atoms with van der Waals surface area (Å²) >= 11 is 0. The third-order valence-electron chi connectivity index (χ3n) is 2.52. The first-order chi connectivity index (χ1) is 7.27. The Morgan fingerprint density at radius 2 is 1.93 bits per heavy atom. The van der Waals surface area contributed by atoms with Crippen molar-refractivity contribution in [3.63, 3.8) is 0 Å². The normalized spacial score (nSPS) is 15.3. The largest absolute Gasteiger partial charge is 0.410 e. The van der Waals surface area contributed by atoms with Crippen LogP contribution in [0.5, 0.6) is 5.75 Å². The summed E-state index contributed by atoms with van der Waals surface area (Å²) in [5.41, 5.74) is 5.96. The van der Waals surface area contributed by atoms with Crippen molar-refractivity contribution < 1.29 is 9.53 Å². The van der Waals surface area contributed by atoms with E-state index in [9.17, 15) is 4.79 Å². The van der Waals surface area contributed by atoms with Gasteiger partial charge in [-0.15, -0.1) is 0 Å². The van der Waals surface area contributed by atoms with Gasteiger partial charge < -0.3 is 15.4 Å². The zero-order valence-corrected chi connectivity index (χ0v) is 8.48. The van der Waals surface area contributed by atoms with E-state index in [2.05, 4.69) is 4.90 Å². The predicted octanol–water partition coefficient (Wildman–Crippen LogP) is 1.74. The molecule has 15 heavy (non-hydrogen) atoms. The Morgan fingerprint density at radius 3 is 2.60 bits per heavy atom. The Balaban J connectivity index is 2.24. The highest BCUT2D eigenvalue weighted by Gasteiger charge is 2.16. The molecule has 0 atom stereocenters. The van der Waals surface area contributed by atoms with Crippen LogP contribution in [0.2, 0.25) is 0 Å².